The molecule has 0 bridgehead atoms. The molecule has 2 heterocycles. The summed E-state index contributed by atoms with van der Waals surface area (Å²) in [6.07, 6.45) is -9.21. The Morgan fingerprint density at radius 3 is 2.13 bits per heavy atom. The quantitative estimate of drug-likeness (QED) is 0.249. The van der Waals surface area contributed by atoms with Gasteiger partial charge in [-0.3, -0.25) is 4.79 Å². The summed E-state index contributed by atoms with van der Waals surface area (Å²) in [4.78, 5) is 13.2. The Hall–Kier alpha value is -0.890. The van der Waals surface area contributed by atoms with Crippen molar-refractivity contribution in [1.29, 1.82) is 0 Å². The molecule has 6 N–H and O–H groups in total. The third-order valence-electron chi connectivity index (χ3n) is 9.19. The number of carbonyl (C=O) groups excluding carboxylic acids is 1. The molecule has 1 saturated carbocycles. The predicted octanol–water partition coefficient (Wildman–Crippen LogP) is 0.491. The maximum atomic E-state index is 13.2. The molecule has 0 aromatic carbocycles. The average molecular weight is 563 g/mol. The SMILES string of the molecule is CCC1CC(C)C(C2OC(CC)C(O)C(O)C2O)C(O)C1OC1OCC(C)(O)C(C)(C(=O)OC(C)(C)C)C1O. The lowest BCUT2D eigenvalue weighted by atomic mass is 9.66. The number of hydrogen-bond donors (Lipinski definition) is 6. The average Bonchev–Trinajstić information content (AvgIpc) is 2.84. The van der Waals surface area contributed by atoms with Crippen LogP contribution in [0.4, 0.5) is 0 Å². The highest BCUT2D eigenvalue weighted by molar-refractivity contribution is 5.79. The summed E-state index contributed by atoms with van der Waals surface area (Å²) in [6.45, 7) is 13.2. The van der Waals surface area contributed by atoms with E-state index in [0.29, 0.717) is 19.3 Å². The number of ether oxygens (including phenoxy) is 4. The van der Waals surface area contributed by atoms with Gasteiger partial charge in [-0.1, -0.05) is 27.2 Å². The highest BCUT2D eigenvalue weighted by atomic mass is 16.7. The van der Waals surface area contributed by atoms with Crippen molar-refractivity contribution in [2.75, 3.05) is 6.61 Å². The molecule has 14 atom stereocenters. The monoisotopic (exact) mass is 562 g/mol. The molecular weight excluding hydrogens is 512 g/mol. The summed E-state index contributed by atoms with van der Waals surface area (Å²) in [7, 11) is 0. The molecule has 3 aliphatic rings. The van der Waals surface area contributed by atoms with E-state index >= 15 is 0 Å². The first-order valence-corrected chi connectivity index (χ1v) is 14.2. The zero-order chi connectivity index (χ0) is 29.7. The minimum atomic E-state index is -1.80. The summed E-state index contributed by atoms with van der Waals surface area (Å²) >= 11 is 0. The fourth-order valence-corrected chi connectivity index (χ4v) is 6.42. The Morgan fingerprint density at radius 1 is 0.974 bits per heavy atom. The second kappa shape index (κ2) is 11.8. The highest BCUT2D eigenvalue weighted by Gasteiger charge is 2.63. The standard InChI is InChI=1S/C28H50O11/c1-9-14-11-13(3)16(22-20(32)19(31)17(29)15(10-2)37-22)18(30)21(14)38-24-23(33)28(8,27(7,35)12-36-24)25(34)39-26(4,5)6/h13-24,29-33,35H,9-12H2,1-8H3. The van der Waals surface area contributed by atoms with Gasteiger partial charge in [0, 0.05) is 5.92 Å². The van der Waals surface area contributed by atoms with E-state index in [0.717, 1.165) is 0 Å². The molecule has 3 rings (SSSR count). The van der Waals surface area contributed by atoms with Gasteiger partial charge < -0.3 is 49.6 Å². The van der Waals surface area contributed by atoms with Gasteiger partial charge in [0.25, 0.3) is 0 Å². The molecule has 1 aliphatic carbocycles. The molecule has 3 fully saturated rings. The van der Waals surface area contributed by atoms with E-state index in [-0.39, 0.29) is 18.4 Å². The normalized spacial score (nSPS) is 49.5. The predicted molar refractivity (Wildman–Crippen MR) is 139 cm³/mol. The fraction of sp³-hybridized carbons (Fsp3) is 0.964. The van der Waals surface area contributed by atoms with Crippen molar-refractivity contribution in [3.05, 3.63) is 0 Å². The molecule has 0 radical (unpaired) electrons. The molecule has 11 nitrogen and oxygen atoms in total. The molecule has 0 aromatic heterocycles. The van der Waals surface area contributed by atoms with Crippen LogP contribution in [0.1, 0.15) is 74.7 Å². The second-order valence-corrected chi connectivity index (χ2v) is 13.2. The fourth-order valence-electron chi connectivity index (χ4n) is 6.42. The maximum Gasteiger partial charge on any atom is 0.318 e. The Labute approximate surface area is 231 Å². The van der Waals surface area contributed by atoms with Crippen LogP contribution in [0.5, 0.6) is 0 Å². The number of aliphatic hydroxyl groups is 6. The van der Waals surface area contributed by atoms with Crippen LogP contribution < -0.4 is 0 Å². The summed E-state index contributed by atoms with van der Waals surface area (Å²) in [5, 5.41) is 65.8. The Balaban J connectivity index is 1.89. The number of rotatable bonds is 6. The van der Waals surface area contributed by atoms with Gasteiger partial charge in [0.05, 0.1) is 31.0 Å². The van der Waals surface area contributed by atoms with Crippen LogP contribution in [-0.2, 0) is 23.7 Å². The van der Waals surface area contributed by atoms with Crippen molar-refractivity contribution in [3.8, 4) is 0 Å². The molecule has 2 aliphatic heterocycles. The van der Waals surface area contributed by atoms with E-state index in [1.165, 1.54) is 13.8 Å². The number of hydrogen-bond acceptors (Lipinski definition) is 11. The van der Waals surface area contributed by atoms with Gasteiger partial charge in [-0.05, 0) is 59.3 Å². The third-order valence-corrected chi connectivity index (χ3v) is 9.19. The van der Waals surface area contributed by atoms with Gasteiger partial charge in [-0.15, -0.1) is 0 Å². The smallest absolute Gasteiger partial charge is 0.318 e. The molecule has 39 heavy (non-hydrogen) atoms. The van der Waals surface area contributed by atoms with E-state index in [9.17, 15) is 35.4 Å². The summed E-state index contributed by atoms with van der Waals surface area (Å²) in [6, 6.07) is 0. The van der Waals surface area contributed by atoms with Gasteiger partial charge >= 0.3 is 5.97 Å². The lowest BCUT2D eigenvalue weighted by Gasteiger charge is -2.53. The van der Waals surface area contributed by atoms with Crippen molar-refractivity contribution >= 4 is 5.97 Å². The van der Waals surface area contributed by atoms with Crippen LogP contribution in [0.25, 0.3) is 0 Å². The van der Waals surface area contributed by atoms with E-state index < -0.39 is 83.6 Å². The van der Waals surface area contributed by atoms with Crippen LogP contribution in [-0.4, -0.2) is 110 Å². The van der Waals surface area contributed by atoms with Crippen LogP contribution >= 0.6 is 0 Å². The van der Waals surface area contributed by atoms with Crippen LogP contribution in [0.2, 0.25) is 0 Å². The zero-order valence-corrected chi connectivity index (χ0v) is 24.5. The van der Waals surface area contributed by atoms with E-state index in [1.54, 1.807) is 27.7 Å². The lowest BCUT2D eigenvalue weighted by molar-refractivity contribution is -0.334. The molecule has 11 heteroatoms. The van der Waals surface area contributed by atoms with Crippen molar-refractivity contribution in [3.63, 3.8) is 0 Å². The van der Waals surface area contributed by atoms with Gasteiger partial charge in [0.2, 0.25) is 0 Å². The Kier molecular flexibility index (Phi) is 9.85. The van der Waals surface area contributed by atoms with Crippen molar-refractivity contribution in [2.45, 2.75) is 141 Å². The maximum absolute atomic E-state index is 13.2. The second-order valence-electron chi connectivity index (χ2n) is 13.2. The first-order valence-electron chi connectivity index (χ1n) is 14.2. The third kappa shape index (κ3) is 6.03. The molecule has 14 unspecified atom stereocenters. The first-order chi connectivity index (χ1) is 17.9. The van der Waals surface area contributed by atoms with E-state index in [1.807, 2.05) is 13.8 Å². The lowest BCUT2D eigenvalue weighted by Crippen LogP contribution is -2.68. The van der Waals surface area contributed by atoms with Crippen LogP contribution in [0.15, 0.2) is 0 Å². The van der Waals surface area contributed by atoms with Crippen LogP contribution in [0, 0.1) is 23.2 Å². The van der Waals surface area contributed by atoms with Crippen molar-refractivity contribution in [1.82, 2.24) is 0 Å². The Bertz CT molecular complexity index is 842. The first kappa shape index (κ1) is 32.6. The van der Waals surface area contributed by atoms with E-state index in [2.05, 4.69) is 0 Å². The minimum absolute atomic E-state index is 0.130. The highest BCUT2D eigenvalue weighted by Crippen LogP contribution is 2.47. The molecule has 228 valence electrons. The number of aliphatic hydroxyl groups excluding tert-OH is 5. The largest absolute Gasteiger partial charge is 0.459 e. The molecule has 0 amide bonds. The number of esters is 1. The summed E-state index contributed by atoms with van der Waals surface area (Å²) in [5.74, 6) is -1.75. The van der Waals surface area contributed by atoms with Crippen molar-refractivity contribution < 1.29 is 54.4 Å². The van der Waals surface area contributed by atoms with Crippen LogP contribution in [0.3, 0.4) is 0 Å². The van der Waals surface area contributed by atoms with Gasteiger partial charge in [-0.2, -0.15) is 0 Å². The molecule has 2 saturated heterocycles. The minimum Gasteiger partial charge on any atom is -0.459 e. The number of carbonyl (C=O) groups is 1. The van der Waals surface area contributed by atoms with Gasteiger partial charge in [-0.25, -0.2) is 0 Å². The summed E-state index contributed by atoms with van der Waals surface area (Å²) < 4.78 is 23.5. The summed E-state index contributed by atoms with van der Waals surface area (Å²) in [5.41, 5.74) is -4.43. The topological polar surface area (TPSA) is 175 Å². The molecular formula is C28H50O11. The van der Waals surface area contributed by atoms with Gasteiger partial charge in [0.15, 0.2) is 6.29 Å². The van der Waals surface area contributed by atoms with E-state index in [4.69, 9.17) is 18.9 Å². The van der Waals surface area contributed by atoms with Crippen molar-refractivity contribution in [2.24, 2.45) is 23.2 Å². The molecule has 0 aromatic rings. The molecule has 0 spiro atoms. The zero-order valence-electron chi connectivity index (χ0n) is 24.5. The van der Waals surface area contributed by atoms with Gasteiger partial charge in [0.1, 0.15) is 41.0 Å². The Morgan fingerprint density at radius 2 is 1.59 bits per heavy atom.